The number of hydrogen-bond donors (Lipinski definition) is 1. The van der Waals surface area contributed by atoms with Crippen molar-refractivity contribution in [1.29, 1.82) is 0 Å². The van der Waals surface area contributed by atoms with Crippen molar-refractivity contribution in [3.05, 3.63) is 76.6 Å². The van der Waals surface area contributed by atoms with Crippen molar-refractivity contribution in [3.8, 4) is 11.4 Å². The van der Waals surface area contributed by atoms with Crippen molar-refractivity contribution in [3.63, 3.8) is 0 Å². The molecule has 3 aromatic rings. The molecule has 0 bridgehead atoms. The summed E-state index contributed by atoms with van der Waals surface area (Å²) in [5.41, 5.74) is 1.57. The van der Waals surface area contributed by atoms with E-state index in [0.29, 0.717) is 43.1 Å². The number of amides is 2. The van der Waals surface area contributed by atoms with Crippen LogP contribution in [0.15, 0.2) is 48.5 Å². The topological polar surface area (TPSA) is 78.7 Å². The first-order valence-corrected chi connectivity index (χ1v) is 11.1. The van der Waals surface area contributed by atoms with E-state index < -0.39 is 11.7 Å². The van der Waals surface area contributed by atoms with Crippen molar-refractivity contribution < 1.29 is 27.9 Å². The van der Waals surface area contributed by atoms with Crippen LogP contribution in [0.25, 0.3) is 5.69 Å². The van der Waals surface area contributed by atoms with Crippen molar-refractivity contribution in [2.24, 2.45) is 0 Å². The highest BCUT2D eigenvalue weighted by molar-refractivity contribution is 5.97. The molecular weight excluding hydrogens is 461 g/mol. The van der Waals surface area contributed by atoms with Crippen molar-refractivity contribution in [2.75, 3.05) is 26.2 Å². The lowest BCUT2D eigenvalue weighted by Crippen LogP contribution is -2.51. The van der Waals surface area contributed by atoms with Gasteiger partial charge >= 0.3 is 6.18 Å². The lowest BCUT2D eigenvalue weighted by atomic mass is 10.1. The normalized spacial score (nSPS) is 14.3. The second kappa shape index (κ2) is 9.44. The third-order valence-corrected chi connectivity index (χ3v) is 6.24. The first kappa shape index (κ1) is 24.3. The molecule has 0 atom stereocenters. The van der Waals surface area contributed by atoms with Gasteiger partial charge in [0.25, 0.3) is 5.91 Å². The summed E-state index contributed by atoms with van der Waals surface area (Å²) < 4.78 is 40.8. The first-order valence-electron chi connectivity index (χ1n) is 11.1. The number of aryl methyl sites for hydroxylation is 1. The second-order valence-electron chi connectivity index (χ2n) is 8.48. The molecule has 0 aliphatic carbocycles. The number of aromatic hydroxyl groups is 1. The lowest BCUT2D eigenvalue weighted by Gasteiger charge is -2.35. The second-order valence-corrected chi connectivity index (χ2v) is 8.48. The number of para-hydroxylation sites is 1. The summed E-state index contributed by atoms with van der Waals surface area (Å²) in [6.45, 7) is 4.81. The summed E-state index contributed by atoms with van der Waals surface area (Å²) in [5, 5.41) is 14.3. The fourth-order valence-corrected chi connectivity index (χ4v) is 4.24. The molecular formula is C25H25F3N4O3. The molecule has 1 fully saturated rings. The van der Waals surface area contributed by atoms with Gasteiger partial charge in [0.05, 0.1) is 28.9 Å². The Kier molecular flexibility index (Phi) is 6.56. The van der Waals surface area contributed by atoms with Crippen molar-refractivity contribution in [1.82, 2.24) is 19.6 Å². The van der Waals surface area contributed by atoms with Gasteiger partial charge in [0.1, 0.15) is 5.75 Å². The Hall–Kier alpha value is -3.82. The molecule has 1 aliphatic heterocycles. The van der Waals surface area contributed by atoms with E-state index in [2.05, 4.69) is 5.10 Å². The molecule has 1 N–H and O–H groups in total. The van der Waals surface area contributed by atoms with Crippen LogP contribution >= 0.6 is 0 Å². The lowest BCUT2D eigenvalue weighted by molar-refractivity contribution is -0.137. The van der Waals surface area contributed by atoms with Crippen LogP contribution in [0.4, 0.5) is 13.2 Å². The molecule has 0 spiro atoms. The largest absolute Gasteiger partial charge is 0.507 e. The number of phenolic OH excluding ortho intramolecular Hbond substituents is 1. The molecule has 1 aliphatic rings. The number of carbonyl (C=O) groups is 2. The molecule has 2 heterocycles. The summed E-state index contributed by atoms with van der Waals surface area (Å²) in [5.74, 6) is -0.515. The van der Waals surface area contributed by atoms with Crippen LogP contribution in [0.5, 0.6) is 5.75 Å². The number of nitrogens with zero attached hydrogens (tertiary/aromatic N) is 4. The number of alkyl halides is 3. The predicted octanol–water partition coefficient (Wildman–Crippen LogP) is 3.74. The molecule has 10 heteroatoms. The molecule has 0 saturated carbocycles. The van der Waals surface area contributed by atoms with Gasteiger partial charge < -0.3 is 14.9 Å². The third kappa shape index (κ3) is 5.01. The number of piperazine rings is 1. The van der Waals surface area contributed by atoms with Gasteiger partial charge in [0, 0.05) is 37.4 Å². The number of halogens is 3. The molecule has 1 aromatic heterocycles. The van der Waals surface area contributed by atoms with Crippen LogP contribution in [0.2, 0.25) is 0 Å². The van der Waals surface area contributed by atoms with Gasteiger partial charge in [-0.05, 0) is 44.2 Å². The zero-order chi connectivity index (χ0) is 25.3. The number of hydrogen-bond acceptors (Lipinski definition) is 4. The van der Waals surface area contributed by atoms with Crippen LogP contribution < -0.4 is 0 Å². The highest BCUT2D eigenvalue weighted by Gasteiger charge is 2.31. The third-order valence-electron chi connectivity index (χ3n) is 6.24. The number of phenols is 1. The Labute approximate surface area is 200 Å². The van der Waals surface area contributed by atoms with Crippen LogP contribution in [0.3, 0.4) is 0 Å². The van der Waals surface area contributed by atoms with E-state index >= 15 is 0 Å². The molecule has 2 aromatic carbocycles. The molecule has 7 nitrogen and oxygen atoms in total. The Morgan fingerprint density at radius 3 is 2.29 bits per heavy atom. The quantitative estimate of drug-likeness (QED) is 0.610. The van der Waals surface area contributed by atoms with E-state index in [1.165, 1.54) is 16.8 Å². The number of aromatic nitrogens is 2. The molecule has 184 valence electrons. The average Bonchev–Trinajstić information content (AvgIpc) is 3.12. The van der Waals surface area contributed by atoms with Gasteiger partial charge in [-0.15, -0.1) is 0 Å². The molecule has 4 rings (SSSR count). The van der Waals surface area contributed by atoms with Gasteiger partial charge in [0.15, 0.2) is 0 Å². The van der Waals surface area contributed by atoms with Gasteiger partial charge in [-0.25, -0.2) is 4.68 Å². The van der Waals surface area contributed by atoms with E-state index in [0.717, 1.165) is 12.1 Å². The Balaban J connectivity index is 1.44. The maximum Gasteiger partial charge on any atom is 0.416 e. The maximum absolute atomic E-state index is 13.1. The molecule has 0 unspecified atom stereocenters. The summed E-state index contributed by atoms with van der Waals surface area (Å²) in [7, 11) is 0. The van der Waals surface area contributed by atoms with E-state index in [-0.39, 0.29) is 35.2 Å². The van der Waals surface area contributed by atoms with Gasteiger partial charge in [-0.2, -0.15) is 18.3 Å². The molecule has 0 radical (unpaired) electrons. The van der Waals surface area contributed by atoms with Gasteiger partial charge in [-0.1, -0.05) is 18.2 Å². The smallest absolute Gasteiger partial charge is 0.416 e. The SMILES string of the molecule is Cc1nn(-c2cccc(C(F)(F)F)c2)c(C)c1CC(=O)N1CCN(C(=O)c2ccccc2O)CC1. The predicted molar refractivity (Wildman–Crippen MR) is 122 cm³/mol. The van der Waals surface area contributed by atoms with E-state index in [9.17, 15) is 27.9 Å². The highest BCUT2D eigenvalue weighted by atomic mass is 19.4. The van der Waals surface area contributed by atoms with E-state index in [1.54, 1.807) is 47.9 Å². The average molecular weight is 486 g/mol. The van der Waals surface area contributed by atoms with Gasteiger partial charge in [0.2, 0.25) is 5.91 Å². The maximum atomic E-state index is 13.1. The summed E-state index contributed by atoms with van der Waals surface area (Å²) in [6.07, 6.45) is -4.41. The standard InChI is InChI=1S/C25H25F3N4O3/c1-16-21(17(2)32(29-16)19-7-5-6-18(14-19)25(26,27)28)15-23(34)30-10-12-31(13-11-30)24(35)20-8-3-4-9-22(20)33/h3-9,14,33H,10-13,15H2,1-2H3. The highest BCUT2D eigenvalue weighted by Crippen LogP contribution is 2.31. The molecule has 2 amide bonds. The fraction of sp³-hybridized carbons (Fsp3) is 0.320. The number of rotatable bonds is 4. The van der Waals surface area contributed by atoms with Crippen molar-refractivity contribution in [2.45, 2.75) is 26.4 Å². The Morgan fingerprint density at radius 2 is 1.63 bits per heavy atom. The number of benzene rings is 2. The first-order chi connectivity index (χ1) is 16.6. The molecule has 35 heavy (non-hydrogen) atoms. The fourth-order valence-electron chi connectivity index (χ4n) is 4.24. The summed E-state index contributed by atoms with van der Waals surface area (Å²) in [4.78, 5) is 28.9. The van der Waals surface area contributed by atoms with Crippen LogP contribution in [-0.4, -0.2) is 62.7 Å². The monoisotopic (exact) mass is 486 g/mol. The Bertz CT molecular complexity index is 1260. The minimum Gasteiger partial charge on any atom is -0.507 e. The summed E-state index contributed by atoms with van der Waals surface area (Å²) >= 11 is 0. The van der Waals surface area contributed by atoms with Crippen LogP contribution in [0, 0.1) is 13.8 Å². The van der Waals surface area contributed by atoms with Gasteiger partial charge in [-0.3, -0.25) is 9.59 Å². The Morgan fingerprint density at radius 1 is 0.971 bits per heavy atom. The van der Waals surface area contributed by atoms with Crippen LogP contribution in [-0.2, 0) is 17.4 Å². The van der Waals surface area contributed by atoms with Crippen molar-refractivity contribution >= 4 is 11.8 Å². The number of carbonyl (C=O) groups excluding carboxylic acids is 2. The summed E-state index contributed by atoms with van der Waals surface area (Å²) in [6, 6.07) is 11.2. The van der Waals surface area contributed by atoms with Crippen LogP contribution in [0.1, 0.15) is 32.9 Å². The minimum atomic E-state index is -4.46. The zero-order valence-corrected chi connectivity index (χ0v) is 19.3. The minimum absolute atomic E-state index is 0.0596. The molecule has 1 saturated heterocycles. The zero-order valence-electron chi connectivity index (χ0n) is 19.3. The van der Waals surface area contributed by atoms with E-state index in [1.807, 2.05) is 0 Å². The van der Waals surface area contributed by atoms with E-state index in [4.69, 9.17) is 0 Å².